The normalized spacial score (nSPS) is 14.6. The van der Waals surface area contributed by atoms with Crippen molar-refractivity contribution in [3.05, 3.63) is 65.7 Å². The summed E-state index contributed by atoms with van der Waals surface area (Å²) in [6.45, 7) is 7.78. The highest BCUT2D eigenvalue weighted by Gasteiger charge is 2.27. The smallest absolute Gasteiger partial charge is 0.311 e. The van der Waals surface area contributed by atoms with E-state index in [1.807, 2.05) is 51.1 Å². The molecule has 0 saturated carbocycles. The topological polar surface area (TPSA) is 102 Å². The minimum Gasteiger partial charge on any atom is -0.464 e. The lowest BCUT2D eigenvalue weighted by Gasteiger charge is -2.24. The van der Waals surface area contributed by atoms with Crippen LogP contribution < -0.4 is 4.72 Å². The van der Waals surface area contributed by atoms with Gasteiger partial charge in [0.15, 0.2) is 0 Å². The second kappa shape index (κ2) is 12.8. The Morgan fingerprint density at radius 1 is 1.03 bits per heavy atom. The summed E-state index contributed by atoms with van der Waals surface area (Å²) in [7, 11) is -3.75. The zero-order chi connectivity index (χ0) is 24.4. The van der Waals surface area contributed by atoms with Crippen LogP contribution in [0.3, 0.4) is 0 Å². The van der Waals surface area contributed by atoms with Gasteiger partial charge in [0.2, 0.25) is 10.0 Å². The predicted octanol–water partition coefficient (Wildman–Crippen LogP) is 3.45. The van der Waals surface area contributed by atoms with Crippen LogP contribution in [0.2, 0.25) is 0 Å². The first-order chi connectivity index (χ1) is 15.6. The van der Waals surface area contributed by atoms with Gasteiger partial charge in [-0.15, -0.1) is 0 Å². The Kier molecular flexibility index (Phi) is 10.5. The first-order valence-corrected chi connectivity index (χ1v) is 12.6. The van der Waals surface area contributed by atoms with Gasteiger partial charge >= 0.3 is 5.97 Å². The van der Waals surface area contributed by atoms with E-state index in [1.54, 1.807) is 31.2 Å². The molecule has 2 rings (SSSR count). The summed E-state index contributed by atoms with van der Waals surface area (Å²) < 4.78 is 38.9. The number of aliphatic hydroxyl groups excluding tert-OH is 1. The number of aryl methyl sites for hydroxylation is 1. The van der Waals surface area contributed by atoms with E-state index >= 15 is 0 Å². The number of hydrogen-bond donors (Lipinski definition) is 2. The fraction of sp³-hybridized carbons (Fsp3) is 0.480. The van der Waals surface area contributed by atoms with Crippen molar-refractivity contribution in [1.82, 2.24) is 4.72 Å². The Bertz CT molecular complexity index is 960. The number of nitrogens with one attached hydrogen (secondary N) is 1. The van der Waals surface area contributed by atoms with Crippen molar-refractivity contribution in [3.8, 4) is 0 Å². The Balaban J connectivity index is 1.82. The van der Waals surface area contributed by atoms with Gasteiger partial charge < -0.3 is 14.6 Å². The molecule has 0 fully saturated rings. The van der Waals surface area contributed by atoms with Crippen LogP contribution in [0.5, 0.6) is 0 Å². The van der Waals surface area contributed by atoms with Crippen molar-refractivity contribution in [2.24, 2.45) is 11.8 Å². The second-order valence-corrected chi connectivity index (χ2v) is 10.3. The van der Waals surface area contributed by atoms with Gasteiger partial charge in [0.25, 0.3) is 0 Å². The van der Waals surface area contributed by atoms with E-state index in [0.29, 0.717) is 13.2 Å². The average Bonchev–Trinajstić information content (AvgIpc) is 2.79. The first-order valence-electron chi connectivity index (χ1n) is 11.2. The summed E-state index contributed by atoms with van der Waals surface area (Å²) in [5.74, 6) is -1.44. The summed E-state index contributed by atoms with van der Waals surface area (Å²) in [4.78, 5) is 12.6. The van der Waals surface area contributed by atoms with Crippen molar-refractivity contribution in [3.63, 3.8) is 0 Å². The number of carbonyl (C=O) groups is 1. The van der Waals surface area contributed by atoms with Crippen LogP contribution in [0.4, 0.5) is 0 Å². The summed E-state index contributed by atoms with van der Waals surface area (Å²) in [5, 5.41) is 10.3. The van der Waals surface area contributed by atoms with Crippen molar-refractivity contribution in [2.45, 2.75) is 57.8 Å². The molecular formula is C25H35NO6S. The van der Waals surface area contributed by atoms with Crippen LogP contribution in [-0.2, 0) is 30.9 Å². The molecule has 0 aliphatic rings. The quantitative estimate of drug-likeness (QED) is 0.338. The van der Waals surface area contributed by atoms with Gasteiger partial charge in [0.05, 0.1) is 29.6 Å². The monoisotopic (exact) mass is 477 g/mol. The van der Waals surface area contributed by atoms with Gasteiger partial charge in [0.1, 0.15) is 6.61 Å². The Hall–Kier alpha value is -2.26. The standard InChI is InChI=1S/C25H35NO6S/c1-18(2)23(26-33(29,30)22-12-10-19(3)11-13-22)17-32-25(28)20(4)24(27)14-15-31-16-21-8-6-5-7-9-21/h5-13,18,20,23-24,26-27H,14-17H2,1-4H3/t20-,23+,24+/m0/s1. The molecular weight excluding hydrogens is 442 g/mol. The van der Waals surface area contributed by atoms with Crippen molar-refractivity contribution >= 4 is 16.0 Å². The molecule has 2 aromatic rings. The van der Waals surface area contributed by atoms with Crippen LogP contribution in [-0.4, -0.2) is 44.9 Å². The van der Waals surface area contributed by atoms with Crippen LogP contribution in [0.25, 0.3) is 0 Å². The van der Waals surface area contributed by atoms with E-state index in [2.05, 4.69) is 4.72 Å². The zero-order valence-electron chi connectivity index (χ0n) is 19.7. The maximum absolute atomic E-state index is 12.7. The number of aliphatic hydroxyl groups is 1. The van der Waals surface area contributed by atoms with Crippen LogP contribution >= 0.6 is 0 Å². The highest BCUT2D eigenvalue weighted by Crippen LogP contribution is 2.15. The molecule has 0 saturated heterocycles. The minimum atomic E-state index is -3.75. The molecule has 182 valence electrons. The third kappa shape index (κ3) is 8.89. The summed E-state index contributed by atoms with van der Waals surface area (Å²) in [5.41, 5.74) is 1.99. The number of carbonyl (C=O) groups excluding carboxylic acids is 1. The Morgan fingerprint density at radius 2 is 1.67 bits per heavy atom. The molecule has 0 heterocycles. The Morgan fingerprint density at radius 3 is 2.27 bits per heavy atom. The molecule has 0 aliphatic heterocycles. The largest absolute Gasteiger partial charge is 0.464 e. The molecule has 0 spiro atoms. The molecule has 0 aliphatic carbocycles. The lowest BCUT2D eigenvalue weighted by Crippen LogP contribution is -2.43. The average molecular weight is 478 g/mol. The number of benzene rings is 2. The van der Waals surface area contributed by atoms with E-state index in [9.17, 15) is 18.3 Å². The van der Waals surface area contributed by atoms with Crippen molar-refractivity contribution in [1.29, 1.82) is 0 Å². The lowest BCUT2D eigenvalue weighted by molar-refractivity contribution is -0.153. The number of hydrogen-bond acceptors (Lipinski definition) is 6. The minimum absolute atomic E-state index is 0.107. The molecule has 0 amide bonds. The molecule has 0 aromatic heterocycles. The number of sulfonamides is 1. The van der Waals surface area contributed by atoms with Crippen molar-refractivity contribution in [2.75, 3.05) is 13.2 Å². The Labute approximate surface area is 197 Å². The number of esters is 1. The summed E-state index contributed by atoms with van der Waals surface area (Å²) in [6, 6.07) is 15.6. The third-order valence-corrected chi connectivity index (χ3v) is 6.97. The van der Waals surface area contributed by atoms with Gasteiger partial charge in [-0.05, 0) is 43.9 Å². The van der Waals surface area contributed by atoms with Crippen LogP contribution in [0.1, 0.15) is 38.3 Å². The summed E-state index contributed by atoms with van der Waals surface area (Å²) in [6.07, 6.45) is -0.633. The fourth-order valence-corrected chi connectivity index (χ4v) is 4.40. The van der Waals surface area contributed by atoms with Gasteiger partial charge in [-0.25, -0.2) is 13.1 Å². The van der Waals surface area contributed by atoms with E-state index in [4.69, 9.17) is 9.47 Å². The number of rotatable bonds is 13. The zero-order valence-corrected chi connectivity index (χ0v) is 20.5. The van der Waals surface area contributed by atoms with Crippen LogP contribution in [0.15, 0.2) is 59.5 Å². The maximum Gasteiger partial charge on any atom is 0.311 e. The predicted molar refractivity (Wildman–Crippen MR) is 127 cm³/mol. The molecule has 0 unspecified atom stereocenters. The van der Waals surface area contributed by atoms with Gasteiger partial charge in [-0.2, -0.15) is 0 Å². The molecule has 33 heavy (non-hydrogen) atoms. The first kappa shape index (κ1) is 27.0. The molecule has 3 atom stereocenters. The second-order valence-electron chi connectivity index (χ2n) is 8.60. The van der Waals surface area contributed by atoms with Crippen LogP contribution in [0, 0.1) is 18.8 Å². The molecule has 7 nitrogen and oxygen atoms in total. The highest BCUT2D eigenvalue weighted by molar-refractivity contribution is 7.89. The molecule has 0 bridgehead atoms. The third-order valence-electron chi connectivity index (χ3n) is 5.47. The van der Waals surface area contributed by atoms with Crippen molar-refractivity contribution < 1.29 is 27.8 Å². The van der Waals surface area contributed by atoms with E-state index in [0.717, 1.165) is 11.1 Å². The maximum atomic E-state index is 12.7. The van der Waals surface area contributed by atoms with Gasteiger partial charge in [-0.1, -0.05) is 61.9 Å². The fourth-order valence-electron chi connectivity index (χ4n) is 3.03. The van der Waals surface area contributed by atoms with E-state index in [-0.39, 0.29) is 23.8 Å². The summed E-state index contributed by atoms with van der Waals surface area (Å²) >= 11 is 0. The highest BCUT2D eigenvalue weighted by atomic mass is 32.2. The molecule has 8 heteroatoms. The van der Waals surface area contributed by atoms with Gasteiger partial charge in [-0.3, -0.25) is 4.79 Å². The number of ether oxygens (including phenoxy) is 2. The van der Waals surface area contributed by atoms with Gasteiger partial charge in [0, 0.05) is 6.61 Å². The molecule has 0 radical (unpaired) electrons. The SMILES string of the molecule is Cc1ccc(S(=O)(=O)N[C@H](COC(=O)[C@@H](C)[C@H](O)CCOCc2ccccc2)C(C)C)cc1. The lowest BCUT2D eigenvalue weighted by atomic mass is 10.0. The molecule has 2 aromatic carbocycles. The molecule has 2 N–H and O–H groups in total. The van der Waals surface area contributed by atoms with E-state index in [1.165, 1.54) is 0 Å². The van der Waals surface area contributed by atoms with E-state index < -0.39 is 34.1 Å².